The molecule has 0 unspecified atom stereocenters. The standard InChI is InChI=1S/C31H31N5O4/c1-3-11-24-26(30-32-29(34-40-30)22-14-9-6-10-15-22)27(31(37)39-4-2)28-23(21-12-7-5-8-13-21)20-25(33-36(24)28)35-16-18-38-19-17-35/h5-10,12-15,20H,3-4,11,16-19H2,1-2H3. The number of morpholine rings is 1. The van der Waals surface area contributed by atoms with E-state index >= 15 is 0 Å². The van der Waals surface area contributed by atoms with Crippen molar-refractivity contribution < 1.29 is 18.8 Å². The average molecular weight is 538 g/mol. The van der Waals surface area contributed by atoms with Crippen molar-refractivity contribution in [3.05, 3.63) is 78.0 Å². The Kier molecular flexibility index (Phi) is 7.29. The Balaban J connectivity index is 1.67. The predicted octanol–water partition coefficient (Wildman–Crippen LogP) is 5.68. The van der Waals surface area contributed by atoms with Crippen LogP contribution in [0.5, 0.6) is 0 Å². The molecule has 0 radical (unpaired) electrons. The maximum atomic E-state index is 13.7. The quantitative estimate of drug-likeness (QED) is 0.233. The van der Waals surface area contributed by atoms with Gasteiger partial charge in [0, 0.05) is 24.2 Å². The van der Waals surface area contributed by atoms with Gasteiger partial charge in [0.2, 0.25) is 5.82 Å². The molecule has 1 fully saturated rings. The molecule has 0 atom stereocenters. The first-order valence-corrected chi connectivity index (χ1v) is 13.7. The molecule has 9 nitrogen and oxygen atoms in total. The van der Waals surface area contributed by atoms with Crippen LogP contribution in [-0.4, -0.2) is 58.6 Å². The van der Waals surface area contributed by atoms with Crippen LogP contribution in [0.1, 0.15) is 36.3 Å². The zero-order valence-electron chi connectivity index (χ0n) is 22.7. The van der Waals surface area contributed by atoms with Crippen molar-refractivity contribution in [2.75, 3.05) is 37.8 Å². The van der Waals surface area contributed by atoms with Crippen LogP contribution < -0.4 is 4.90 Å². The van der Waals surface area contributed by atoms with Crippen LogP contribution in [0.3, 0.4) is 0 Å². The molecule has 204 valence electrons. The summed E-state index contributed by atoms with van der Waals surface area (Å²) in [6.07, 6.45) is 1.47. The summed E-state index contributed by atoms with van der Waals surface area (Å²) >= 11 is 0. The molecule has 0 saturated carbocycles. The van der Waals surface area contributed by atoms with Gasteiger partial charge < -0.3 is 18.9 Å². The molecule has 0 amide bonds. The lowest BCUT2D eigenvalue weighted by Crippen LogP contribution is -2.37. The van der Waals surface area contributed by atoms with Crippen molar-refractivity contribution >= 4 is 17.3 Å². The van der Waals surface area contributed by atoms with Gasteiger partial charge in [0.05, 0.1) is 36.6 Å². The van der Waals surface area contributed by atoms with Crippen LogP contribution in [0, 0.1) is 0 Å². The third-order valence-corrected chi connectivity index (χ3v) is 7.03. The minimum absolute atomic E-state index is 0.234. The number of rotatable bonds is 8. The van der Waals surface area contributed by atoms with Gasteiger partial charge in [0.15, 0.2) is 0 Å². The van der Waals surface area contributed by atoms with Crippen molar-refractivity contribution in [3.8, 4) is 34.0 Å². The molecule has 1 aliphatic heterocycles. The molecule has 0 N–H and O–H groups in total. The van der Waals surface area contributed by atoms with E-state index in [0.717, 1.165) is 47.7 Å². The van der Waals surface area contributed by atoms with Crippen LogP contribution in [0.15, 0.2) is 71.3 Å². The summed E-state index contributed by atoms with van der Waals surface area (Å²) in [5, 5.41) is 9.37. The van der Waals surface area contributed by atoms with Gasteiger partial charge in [-0.3, -0.25) is 0 Å². The number of ether oxygens (including phenoxy) is 2. The number of hydrogen-bond acceptors (Lipinski definition) is 8. The highest BCUT2D eigenvalue weighted by atomic mass is 16.5. The number of esters is 1. The zero-order valence-corrected chi connectivity index (χ0v) is 22.7. The summed E-state index contributed by atoms with van der Waals surface area (Å²) in [5.41, 5.74) is 5.13. The van der Waals surface area contributed by atoms with Gasteiger partial charge in [-0.05, 0) is 25.0 Å². The minimum Gasteiger partial charge on any atom is -0.462 e. The lowest BCUT2D eigenvalue weighted by atomic mass is 10.0. The van der Waals surface area contributed by atoms with Crippen molar-refractivity contribution in [3.63, 3.8) is 0 Å². The second-order valence-corrected chi connectivity index (χ2v) is 9.60. The third-order valence-electron chi connectivity index (χ3n) is 7.03. The highest BCUT2D eigenvalue weighted by Gasteiger charge is 2.32. The smallest absolute Gasteiger partial charge is 0.341 e. The van der Waals surface area contributed by atoms with E-state index in [1.165, 1.54) is 0 Å². The molecule has 9 heteroatoms. The Morgan fingerprint density at radius 3 is 2.35 bits per heavy atom. The summed E-state index contributed by atoms with van der Waals surface area (Å²) < 4.78 is 19.0. The molecule has 0 bridgehead atoms. The summed E-state index contributed by atoms with van der Waals surface area (Å²) in [7, 11) is 0. The third kappa shape index (κ3) is 4.73. The molecular formula is C31H31N5O4. The molecule has 40 heavy (non-hydrogen) atoms. The Hall–Kier alpha value is -4.50. The van der Waals surface area contributed by atoms with E-state index in [0.29, 0.717) is 42.1 Å². The lowest BCUT2D eigenvalue weighted by molar-refractivity contribution is 0.0529. The molecule has 5 aromatic rings. The number of aryl methyl sites for hydroxylation is 1. The number of carbonyl (C=O) groups excluding carboxylic acids is 1. The fraction of sp³-hybridized carbons (Fsp3) is 0.290. The Bertz CT molecular complexity index is 1620. The number of nitrogens with zero attached hydrogens (tertiary/aromatic N) is 5. The van der Waals surface area contributed by atoms with Crippen molar-refractivity contribution in [2.45, 2.75) is 26.7 Å². The molecule has 1 aliphatic rings. The second kappa shape index (κ2) is 11.3. The van der Waals surface area contributed by atoms with Crippen LogP contribution in [0.2, 0.25) is 0 Å². The van der Waals surface area contributed by atoms with E-state index in [1.807, 2.05) is 65.2 Å². The van der Waals surface area contributed by atoms with Gasteiger partial charge in [-0.25, -0.2) is 9.31 Å². The molecule has 6 rings (SSSR count). The highest BCUT2D eigenvalue weighted by molar-refractivity contribution is 6.08. The van der Waals surface area contributed by atoms with Crippen molar-refractivity contribution in [2.24, 2.45) is 0 Å². The van der Waals surface area contributed by atoms with Crippen LogP contribution in [0.25, 0.3) is 39.5 Å². The van der Waals surface area contributed by atoms with Gasteiger partial charge >= 0.3 is 5.97 Å². The van der Waals surface area contributed by atoms with Gasteiger partial charge in [0.25, 0.3) is 5.89 Å². The molecule has 4 heterocycles. The Labute approximate surface area is 232 Å². The van der Waals surface area contributed by atoms with Crippen molar-refractivity contribution in [1.82, 2.24) is 19.8 Å². The Morgan fingerprint density at radius 1 is 0.975 bits per heavy atom. The summed E-state index contributed by atoms with van der Waals surface area (Å²) in [4.78, 5) is 20.7. The lowest BCUT2D eigenvalue weighted by Gasteiger charge is -2.28. The molecule has 0 spiro atoms. The van der Waals surface area contributed by atoms with Gasteiger partial charge in [0.1, 0.15) is 11.4 Å². The van der Waals surface area contributed by atoms with Gasteiger partial charge in [-0.2, -0.15) is 4.98 Å². The van der Waals surface area contributed by atoms with Crippen molar-refractivity contribution in [1.29, 1.82) is 0 Å². The monoisotopic (exact) mass is 537 g/mol. The largest absolute Gasteiger partial charge is 0.462 e. The Morgan fingerprint density at radius 2 is 1.68 bits per heavy atom. The topological polar surface area (TPSA) is 95.0 Å². The second-order valence-electron chi connectivity index (χ2n) is 9.60. The van der Waals surface area contributed by atoms with E-state index in [4.69, 9.17) is 24.1 Å². The van der Waals surface area contributed by atoms with E-state index < -0.39 is 5.97 Å². The fourth-order valence-corrected chi connectivity index (χ4v) is 5.21. The van der Waals surface area contributed by atoms with E-state index in [2.05, 4.69) is 23.0 Å². The number of aromatic nitrogens is 4. The van der Waals surface area contributed by atoms with Gasteiger partial charge in [-0.1, -0.05) is 79.2 Å². The molecular weight excluding hydrogens is 506 g/mol. The van der Waals surface area contributed by atoms with E-state index in [-0.39, 0.29) is 12.5 Å². The SMILES string of the molecule is CCCc1c(-c2nc(-c3ccccc3)no2)c(C(=O)OCC)c2c(-c3ccccc3)cc(N3CCOCC3)nn12. The van der Waals surface area contributed by atoms with Crippen LogP contribution in [-0.2, 0) is 15.9 Å². The first-order chi connectivity index (χ1) is 19.7. The van der Waals surface area contributed by atoms with Gasteiger partial charge in [-0.15, -0.1) is 5.10 Å². The number of benzene rings is 2. The normalized spacial score (nSPS) is 13.6. The molecule has 2 aromatic carbocycles. The first kappa shape index (κ1) is 25.8. The first-order valence-electron chi connectivity index (χ1n) is 13.7. The predicted molar refractivity (Wildman–Crippen MR) is 152 cm³/mol. The number of anilines is 1. The number of fused-ring (bicyclic) bond motifs is 1. The highest BCUT2D eigenvalue weighted by Crippen LogP contribution is 2.40. The van der Waals surface area contributed by atoms with Crippen LogP contribution in [0.4, 0.5) is 5.82 Å². The summed E-state index contributed by atoms with van der Waals surface area (Å²) in [5.74, 6) is 1.09. The molecule has 3 aromatic heterocycles. The summed E-state index contributed by atoms with van der Waals surface area (Å²) in [6, 6.07) is 21.7. The minimum atomic E-state index is -0.449. The number of carbonyl (C=O) groups is 1. The maximum absolute atomic E-state index is 13.7. The van der Waals surface area contributed by atoms with E-state index in [1.54, 1.807) is 6.92 Å². The maximum Gasteiger partial charge on any atom is 0.341 e. The average Bonchev–Trinajstić information content (AvgIpc) is 3.62. The molecule has 1 saturated heterocycles. The van der Waals surface area contributed by atoms with E-state index in [9.17, 15) is 4.79 Å². The molecule has 0 aliphatic carbocycles. The fourth-order valence-electron chi connectivity index (χ4n) is 5.21. The summed E-state index contributed by atoms with van der Waals surface area (Å²) in [6.45, 7) is 6.88. The zero-order chi connectivity index (χ0) is 27.5. The number of hydrogen-bond donors (Lipinski definition) is 0. The van der Waals surface area contributed by atoms with Crippen LogP contribution >= 0.6 is 0 Å².